The molecular formula is C14H20ClNO. The first kappa shape index (κ1) is 12.7. The smallest absolute Gasteiger partial charge is 0.123 e. The monoisotopic (exact) mass is 253 g/mol. The lowest BCUT2D eigenvalue weighted by Gasteiger charge is -2.15. The van der Waals surface area contributed by atoms with E-state index in [1.807, 2.05) is 19.1 Å². The fourth-order valence-electron chi connectivity index (χ4n) is 2.41. The number of rotatable bonds is 4. The van der Waals surface area contributed by atoms with Crippen LogP contribution in [0.5, 0.6) is 5.75 Å². The van der Waals surface area contributed by atoms with Crippen LogP contribution in [0, 0.1) is 6.92 Å². The molecule has 17 heavy (non-hydrogen) atoms. The van der Waals surface area contributed by atoms with Crippen molar-refractivity contribution in [3.63, 3.8) is 0 Å². The van der Waals surface area contributed by atoms with E-state index in [1.54, 1.807) is 7.11 Å². The Hall–Kier alpha value is -0.730. The van der Waals surface area contributed by atoms with Gasteiger partial charge in [-0.15, -0.1) is 0 Å². The first-order chi connectivity index (χ1) is 8.20. The maximum absolute atomic E-state index is 6.15. The van der Waals surface area contributed by atoms with Crippen molar-refractivity contribution in [1.29, 1.82) is 0 Å². The van der Waals surface area contributed by atoms with E-state index >= 15 is 0 Å². The van der Waals surface area contributed by atoms with Gasteiger partial charge in [0.15, 0.2) is 0 Å². The second-order valence-corrected chi connectivity index (χ2v) is 5.18. The Labute approximate surface area is 108 Å². The summed E-state index contributed by atoms with van der Waals surface area (Å²) in [6.07, 6.45) is 5.29. The van der Waals surface area contributed by atoms with Crippen molar-refractivity contribution in [1.82, 2.24) is 5.32 Å². The van der Waals surface area contributed by atoms with E-state index in [0.717, 1.165) is 28.4 Å². The lowest BCUT2D eigenvalue weighted by Crippen LogP contribution is -2.25. The van der Waals surface area contributed by atoms with Gasteiger partial charge in [0.2, 0.25) is 0 Å². The highest BCUT2D eigenvalue weighted by molar-refractivity contribution is 6.31. The Bertz CT molecular complexity index is 386. The first-order valence-corrected chi connectivity index (χ1v) is 6.65. The number of aryl methyl sites for hydroxylation is 1. The van der Waals surface area contributed by atoms with Gasteiger partial charge in [0, 0.05) is 23.2 Å². The van der Waals surface area contributed by atoms with Gasteiger partial charge in [0.05, 0.1) is 7.11 Å². The highest BCUT2D eigenvalue weighted by atomic mass is 35.5. The number of hydrogen-bond acceptors (Lipinski definition) is 2. The molecule has 0 heterocycles. The summed E-state index contributed by atoms with van der Waals surface area (Å²) in [6, 6.07) is 4.69. The molecule has 1 aromatic rings. The predicted molar refractivity (Wildman–Crippen MR) is 71.8 cm³/mol. The maximum Gasteiger partial charge on any atom is 0.123 e. The summed E-state index contributed by atoms with van der Waals surface area (Å²) in [5, 5.41) is 4.39. The molecule has 0 saturated heterocycles. The summed E-state index contributed by atoms with van der Waals surface area (Å²) in [6.45, 7) is 2.84. The van der Waals surface area contributed by atoms with Crippen LogP contribution in [0.4, 0.5) is 0 Å². The minimum absolute atomic E-state index is 0.666. The van der Waals surface area contributed by atoms with Gasteiger partial charge in [-0.3, -0.25) is 0 Å². The second kappa shape index (κ2) is 5.74. The van der Waals surface area contributed by atoms with Crippen molar-refractivity contribution in [3.05, 3.63) is 28.3 Å². The van der Waals surface area contributed by atoms with Crippen molar-refractivity contribution in [2.24, 2.45) is 0 Å². The summed E-state index contributed by atoms with van der Waals surface area (Å²) in [5.41, 5.74) is 2.21. The third-order valence-electron chi connectivity index (χ3n) is 3.50. The summed E-state index contributed by atoms with van der Waals surface area (Å²) in [5.74, 6) is 0.928. The zero-order valence-electron chi connectivity index (χ0n) is 10.6. The predicted octanol–water partition coefficient (Wildman–Crippen LogP) is 3.69. The average Bonchev–Trinajstić information content (AvgIpc) is 2.83. The van der Waals surface area contributed by atoms with Crippen LogP contribution < -0.4 is 10.1 Å². The molecule has 0 atom stereocenters. The Morgan fingerprint density at radius 3 is 2.71 bits per heavy atom. The van der Waals surface area contributed by atoms with Gasteiger partial charge in [0.25, 0.3) is 0 Å². The summed E-state index contributed by atoms with van der Waals surface area (Å²) in [4.78, 5) is 0. The summed E-state index contributed by atoms with van der Waals surface area (Å²) < 4.78 is 5.40. The Morgan fingerprint density at radius 2 is 2.06 bits per heavy atom. The van der Waals surface area contributed by atoms with E-state index in [0.29, 0.717) is 6.04 Å². The van der Waals surface area contributed by atoms with Gasteiger partial charge in [-0.2, -0.15) is 0 Å². The molecule has 0 amide bonds. The van der Waals surface area contributed by atoms with Crippen LogP contribution in [0.2, 0.25) is 5.02 Å². The van der Waals surface area contributed by atoms with Gasteiger partial charge >= 0.3 is 0 Å². The van der Waals surface area contributed by atoms with Crippen LogP contribution in [0.1, 0.15) is 36.8 Å². The van der Waals surface area contributed by atoms with E-state index in [2.05, 4.69) is 5.32 Å². The first-order valence-electron chi connectivity index (χ1n) is 6.27. The van der Waals surface area contributed by atoms with Gasteiger partial charge < -0.3 is 10.1 Å². The summed E-state index contributed by atoms with van der Waals surface area (Å²) >= 11 is 6.15. The molecule has 0 spiro atoms. The number of nitrogens with one attached hydrogen (secondary N) is 1. The molecule has 0 aromatic heterocycles. The van der Waals surface area contributed by atoms with E-state index in [1.165, 1.54) is 25.7 Å². The normalized spacial score (nSPS) is 16.4. The molecule has 1 N–H and O–H groups in total. The minimum Gasteiger partial charge on any atom is -0.496 e. The van der Waals surface area contributed by atoms with E-state index < -0.39 is 0 Å². The zero-order chi connectivity index (χ0) is 12.3. The molecule has 2 rings (SSSR count). The zero-order valence-corrected chi connectivity index (χ0v) is 11.3. The molecule has 94 valence electrons. The molecule has 3 heteroatoms. The van der Waals surface area contributed by atoms with Crippen molar-refractivity contribution >= 4 is 11.6 Å². The minimum atomic E-state index is 0.666. The van der Waals surface area contributed by atoms with Crippen molar-refractivity contribution in [2.75, 3.05) is 7.11 Å². The Kier molecular flexibility index (Phi) is 4.30. The van der Waals surface area contributed by atoms with Gasteiger partial charge in [0.1, 0.15) is 5.75 Å². The number of ether oxygens (including phenoxy) is 1. The number of halogens is 1. The Balaban J connectivity index is 2.05. The molecule has 1 aliphatic carbocycles. The van der Waals surface area contributed by atoms with E-state index in [-0.39, 0.29) is 0 Å². The van der Waals surface area contributed by atoms with Crippen LogP contribution in [-0.4, -0.2) is 13.2 Å². The molecule has 1 saturated carbocycles. The molecule has 0 radical (unpaired) electrons. The third kappa shape index (κ3) is 3.14. The molecule has 0 aliphatic heterocycles. The van der Waals surface area contributed by atoms with Gasteiger partial charge in [-0.05, 0) is 37.5 Å². The van der Waals surface area contributed by atoms with Gasteiger partial charge in [-0.25, -0.2) is 0 Å². The van der Waals surface area contributed by atoms with Crippen LogP contribution in [0.25, 0.3) is 0 Å². The molecule has 1 aromatic carbocycles. The number of methoxy groups -OCH3 is 1. The Morgan fingerprint density at radius 1 is 1.35 bits per heavy atom. The third-order valence-corrected chi connectivity index (χ3v) is 3.91. The van der Waals surface area contributed by atoms with Gasteiger partial charge in [-0.1, -0.05) is 24.4 Å². The summed E-state index contributed by atoms with van der Waals surface area (Å²) in [7, 11) is 1.71. The molecule has 0 bridgehead atoms. The highest BCUT2D eigenvalue weighted by Gasteiger charge is 2.15. The quantitative estimate of drug-likeness (QED) is 0.884. The van der Waals surface area contributed by atoms with E-state index in [9.17, 15) is 0 Å². The average molecular weight is 254 g/mol. The largest absolute Gasteiger partial charge is 0.496 e. The number of benzene rings is 1. The van der Waals surface area contributed by atoms with Crippen molar-refractivity contribution in [2.45, 2.75) is 45.2 Å². The standard InChI is InChI=1S/C14H20ClNO/c1-10-7-14(17-2)11(8-13(10)15)9-16-12-5-3-4-6-12/h7-8,12,16H,3-6,9H2,1-2H3. The lowest BCUT2D eigenvalue weighted by molar-refractivity contribution is 0.404. The fourth-order valence-corrected chi connectivity index (χ4v) is 2.59. The molecule has 1 aliphatic rings. The lowest BCUT2D eigenvalue weighted by atomic mass is 10.1. The number of hydrogen-bond donors (Lipinski definition) is 1. The highest BCUT2D eigenvalue weighted by Crippen LogP contribution is 2.27. The molecular weight excluding hydrogens is 234 g/mol. The van der Waals surface area contributed by atoms with Crippen LogP contribution in [0.3, 0.4) is 0 Å². The van der Waals surface area contributed by atoms with E-state index in [4.69, 9.17) is 16.3 Å². The molecule has 2 nitrogen and oxygen atoms in total. The fraction of sp³-hybridized carbons (Fsp3) is 0.571. The van der Waals surface area contributed by atoms with Crippen LogP contribution >= 0.6 is 11.6 Å². The van der Waals surface area contributed by atoms with Crippen LogP contribution in [-0.2, 0) is 6.54 Å². The van der Waals surface area contributed by atoms with Crippen LogP contribution in [0.15, 0.2) is 12.1 Å². The SMILES string of the molecule is COc1cc(C)c(Cl)cc1CNC1CCCC1. The topological polar surface area (TPSA) is 21.3 Å². The van der Waals surface area contributed by atoms with Crippen molar-refractivity contribution in [3.8, 4) is 5.75 Å². The second-order valence-electron chi connectivity index (χ2n) is 4.78. The molecule has 0 unspecified atom stereocenters. The molecule has 1 fully saturated rings. The van der Waals surface area contributed by atoms with Crippen molar-refractivity contribution < 1.29 is 4.74 Å². The maximum atomic E-state index is 6.15.